The number of aliphatic hydroxyl groups is 2. The molecule has 0 saturated carbocycles. The van der Waals surface area contributed by atoms with Crippen molar-refractivity contribution in [3.8, 4) is 0 Å². The van der Waals surface area contributed by atoms with E-state index in [2.05, 4.69) is 44.2 Å². The smallest absolute Gasteiger partial charge is 0.143 e. The van der Waals surface area contributed by atoms with Gasteiger partial charge in [0.15, 0.2) is 0 Å². The van der Waals surface area contributed by atoms with Crippen molar-refractivity contribution in [3.05, 3.63) is 129 Å². The van der Waals surface area contributed by atoms with Gasteiger partial charge in [-0.2, -0.15) is 0 Å². The van der Waals surface area contributed by atoms with Gasteiger partial charge in [-0.3, -0.25) is 19.6 Å². The van der Waals surface area contributed by atoms with E-state index in [-0.39, 0.29) is 55.8 Å². The van der Waals surface area contributed by atoms with Gasteiger partial charge in [-0.15, -0.1) is 0 Å². The minimum absolute atomic E-state index is 0. The molecule has 4 aromatic carbocycles. The number of anilines is 2. The molecule has 0 amide bonds. The summed E-state index contributed by atoms with van der Waals surface area (Å²) in [7, 11) is 0. The lowest BCUT2D eigenvalue weighted by atomic mass is 9.87. The summed E-state index contributed by atoms with van der Waals surface area (Å²) in [5, 5.41) is 27.4. The van der Waals surface area contributed by atoms with E-state index >= 15 is 26.3 Å². The second kappa shape index (κ2) is 23.4. The number of halogens is 7. The van der Waals surface area contributed by atoms with Crippen LogP contribution in [-0.4, -0.2) is 141 Å². The lowest BCUT2D eigenvalue weighted by Crippen LogP contribution is -2.54. The fraction of sp³-hybridized carbons (Fsp3) is 0.525. The highest BCUT2D eigenvalue weighted by atomic mass is 19.2. The number of nitrogens with zero attached hydrogens (tertiary/aromatic N) is 4. The molecular formula is C59H77F7N8O2. The quantitative estimate of drug-likeness (QED) is 0.0473. The second-order valence-corrected chi connectivity index (χ2v) is 22.3. The molecular weight excluding hydrogens is 986 g/mol. The van der Waals surface area contributed by atoms with E-state index in [9.17, 15) is 14.6 Å². The fourth-order valence-corrected chi connectivity index (χ4v) is 11.8. The highest BCUT2D eigenvalue weighted by Crippen LogP contribution is 2.46. The number of H-pyrrole nitrogens is 2. The number of aromatic nitrogens is 2. The maximum absolute atomic E-state index is 15.8. The fourth-order valence-electron chi connectivity index (χ4n) is 11.8. The van der Waals surface area contributed by atoms with E-state index in [4.69, 9.17) is 0 Å². The van der Waals surface area contributed by atoms with E-state index in [0.29, 0.717) is 46.5 Å². The molecule has 0 bridgehead atoms. The first-order valence-corrected chi connectivity index (χ1v) is 26.8. The van der Waals surface area contributed by atoms with E-state index in [1.165, 1.54) is 50.2 Å². The third-order valence-electron chi connectivity index (χ3n) is 15.8. The van der Waals surface area contributed by atoms with E-state index < -0.39 is 65.7 Å². The molecule has 6 atom stereocenters. The number of hydrogen-bond acceptors (Lipinski definition) is 8. The molecule has 2 saturated heterocycles. The Labute approximate surface area is 443 Å². The largest absolute Gasteiger partial charge is 0.393 e. The molecule has 10 rings (SSSR count). The predicted octanol–water partition coefficient (Wildman–Crippen LogP) is 11.6. The summed E-state index contributed by atoms with van der Waals surface area (Å²) in [5.41, 5.74) is 1.07. The minimum Gasteiger partial charge on any atom is -0.393 e. The summed E-state index contributed by atoms with van der Waals surface area (Å²) in [6.07, 6.45) is 5.58. The summed E-state index contributed by atoms with van der Waals surface area (Å²) in [6, 6.07) is 15.4. The first-order chi connectivity index (χ1) is 35.8. The number of fused-ring (bicyclic) bond motifs is 6. The topological polar surface area (TPSA) is 109 Å². The molecule has 76 heavy (non-hydrogen) atoms. The average Bonchev–Trinajstić information content (AvgIpc) is 3.89. The zero-order chi connectivity index (χ0) is 53.5. The Kier molecular flexibility index (Phi) is 17.6. The van der Waals surface area contributed by atoms with Gasteiger partial charge in [0.1, 0.15) is 40.4 Å². The Balaban J connectivity index is 0.000000199. The van der Waals surface area contributed by atoms with Gasteiger partial charge in [0.2, 0.25) is 0 Å². The van der Waals surface area contributed by atoms with Crippen LogP contribution in [0.1, 0.15) is 120 Å². The molecule has 2 fully saturated rings. The van der Waals surface area contributed by atoms with E-state index in [1.807, 2.05) is 38.1 Å². The van der Waals surface area contributed by atoms with Gasteiger partial charge in [-0.25, -0.2) is 30.7 Å². The molecule has 0 spiro atoms. The van der Waals surface area contributed by atoms with Crippen LogP contribution < -0.4 is 10.6 Å². The van der Waals surface area contributed by atoms with Gasteiger partial charge in [-0.1, -0.05) is 52.3 Å². The number of alkyl halides is 2. The number of unbranched alkanes of at least 4 members (excludes halogenated alkanes) is 2. The summed E-state index contributed by atoms with van der Waals surface area (Å²) in [5.74, 6) is -3.20. The Morgan fingerprint density at radius 1 is 0.592 bits per heavy atom. The van der Waals surface area contributed by atoms with Gasteiger partial charge in [0.05, 0.1) is 37.4 Å². The Bertz CT molecular complexity index is 2900. The Morgan fingerprint density at radius 2 is 1.00 bits per heavy atom. The first-order valence-electron chi connectivity index (χ1n) is 26.8. The maximum atomic E-state index is 15.8. The van der Waals surface area contributed by atoms with Crippen LogP contribution in [0.4, 0.5) is 42.1 Å². The molecule has 2 aromatic heterocycles. The summed E-state index contributed by atoms with van der Waals surface area (Å²) < 4.78 is 108. The third kappa shape index (κ3) is 11.9. The van der Waals surface area contributed by atoms with Crippen molar-refractivity contribution in [2.45, 2.75) is 135 Å². The predicted molar refractivity (Wildman–Crippen MR) is 290 cm³/mol. The number of nitrogens with one attached hydrogen (secondary N) is 4. The van der Waals surface area contributed by atoms with Crippen LogP contribution in [0, 0.1) is 29.1 Å². The average molecular weight is 1060 g/mol. The van der Waals surface area contributed by atoms with Crippen molar-refractivity contribution < 1.29 is 40.9 Å². The van der Waals surface area contributed by atoms with Gasteiger partial charge < -0.3 is 30.8 Å². The highest BCUT2D eigenvalue weighted by molar-refractivity contribution is 5.86. The molecule has 6 aromatic rings. The molecule has 10 nitrogen and oxygen atoms in total. The van der Waals surface area contributed by atoms with Gasteiger partial charge in [0, 0.05) is 107 Å². The number of aliphatic hydroxyl groups excluding tert-OH is 2. The zero-order valence-corrected chi connectivity index (χ0v) is 44.0. The molecule has 4 aliphatic heterocycles. The van der Waals surface area contributed by atoms with Crippen molar-refractivity contribution >= 4 is 33.2 Å². The highest BCUT2D eigenvalue weighted by Gasteiger charge is 2.44. The normalized spacial score (nSPS) is 22.1. The van der Waals surface area contributed by atoms with Crippen molar-refractivity contribution in [1.29, 1.82) is 0 Å². The van der Waals surface area contributed by atoms with E-state index in [1.54, 1.807) is 15.9 Å². The number of hydrogen-bond donors (Lipinski definition) is 6. The standard InChI is InChI=1S/C29H36F4N4O.C29H37F3N4O.CH4/c1-4-5-8-36-13-20(14-36)34-19-11-23(31)26(24(32)12-19)28-27-22(21-10-18(30)6-7-25(21)35-27)9-17(2)37(28)15-29(3,33)16-38;1-4-5-10-35-14-20(15-35)33-19-12-23(30)26(24(31)13-19)28-27-22(21-8-6-7-9-25(21)34-27)11-18(2)36(28)16-29(3,32)17-37;/h6-7,10-12,17,20,28,34-35,38H,4-5,8-9,13-16H2,1-3H3;6-9,12-13,18,20,28,33-34,37H,4-5,10-11,14-17H2,1-3H3;1H4/t17-,28-,29?;18-,28-,29?;/m11./s1. The molecule has 4 aliphatic rings. The van der Waals surface area contributed by atoms with Crippen molar-refractivity contribution in [2.24, 2.45) is 0 Å². The van der Waals surface area contributed by atoms with Crippen molar-refractivity contribution in [1.82, 2.24) is 29.6 Å². The lowest BCUT2D eigenvalue weighted by Gasteiger charge is -2.43. The van der Waals surface area contributed by atoms with Crippen LogP contribution in [-0.2, 0) is 12.8 Å². The first kappa shape index (κ1) is 57.0. The molecule has 6 heterocycles. The van der Waals surface area contributed by atoms with Crippen LogP contribution in [0.5, 0.6) is 0 Å². The number of aromatic amines is 2. The summed E-state index contributed by atoms with van der Waals surface area (Å²) >= 11 is 0. The number of para-hydroxylation sites is 1. The molecule has 0 aliphatic carbocycles. The minimum atomic E-state index is -1.98. The number of likely N-dealkylation sites (tertiary alicyclic amines) is 2. The zero-order valence-electron chi connectivity index (χ0n) is 44.0. The maximum Gasteiger partial charge on any atom is 0.143 e. The summed E-state index contributed by atoms with van der Waals surface area (Å²) in [6.45, 7) is 14.3. The molecule has 17 heteroatoms. The van der Waals surface area contributed by atoms with Crippen LogP contribution in [0.15, 0.2) is 66.7 Å². The Hall–Kier alpha value is -5.17. The lowest BCUT2D eigenvalue weighted by molar-refractivity contribution is 0.0162. The van der Waals surface area contributed by atoms with Crippen LogP contribution in [0.3, 0.4) is 0 Å². The van der Waals surface area contributed by atoms with Crippen LogP contribution in [0.25, 0.3) is 21.8 Å². The van der Waals surface area contributed by atoms with Gasteiger partial charge in [0.25, 0.3) is 0 Å². The van der Waals surface area contributed by atoms with Gasteiger partial charge >= 0.3 is 0 Å². The molecule has 6 N–H and O–H groups in total. The monoisotopic (exact) mass is 1060 g/mol. The third-order valence-corrected chi connectivity index (χ3v) is 15.8. The summed E-state index contributed by atoms with van der Waals surface area (Å²) in [4.78, 5) is 14.7. The number of rotatable bonds is 18. The molecule has 414 valence electrons. The molecule has 0 radical (unpaired) electrons. The SMILES string of the molecule is C.CCCCN1CC(Nc2cc(F)c([C@@H]3c4[nH]c5ccc(F)cc5c4C[C@@H](C)N3CC(C)(F)CO)c(F)c2)C1.CCCCN1CC(Nc2cc(F)c([C@@H]3c4[nH]c5ccccc5c4C[C@@H](C)N3CC(C)(F)CO)c(F)c2)C1. The number of benzene rings is 4. The Morgan fingerprint density at radius 3 is 1.42 bits per heavy atom. The van der Waals surface area contributed by atoms with Crippen molar-refractivity contribution in [2.75, 3.05) is 76.2 Å². The second-order valence-electron chi connectivity index (χ2n) is 22.3. The van der Waals surface area contributed by atoms with Crippen LogP contribution >= 0.6 is 0 Å². The van der Waals surface area contributed by atoms with Gasteiger partial charge in [-0.05, 0) is 126 Å². The van der Waals surface area contributed by atoms with Crippen molar-refractivity contribution in [3.63, 3.8) is 0 Å². The van der Waals surface area contributed by atoms with Crippen LogP contribution in [0.2, 0.25) is 0 Å². The molecule has 2 unspecified atom stereocenters. The van der Waals surface area contributed by atoms with E-state index in [0.717, 1.165) is 87.0 Å².